The maximum atomic E-state index is 10.5. The van der Waals surface area contributed by atoms with Gasteiger partial charge in [-0.15, -0.1) is 0 Å². The van der Waals surface area contributed by atoms with Gasteiger partial charge in [0.05, 0.1) is 33.6 Å². The van der Waals surface area contributed by atoms with Crippen LogP contribution < -0.4 is 0 Å². The van der Waals surface area contributed by atoms with Gasteiger partial charge in [0.15, 0.2) is 0 Å². The van der Waals surface area contributed by atoms with Gasteiger partial charge >= 0.3 is 0 Å². The molecule has 6 nitrogen and oxygen atoms in total. The number of hydrogen-bond donors (Lipinski definition) is 0. The molecule has 0 saturated carbocycles. The van der Waals surface area contributed by atoms with Gasteiger partial charge in [0.2, 0.25) is 0 Å². The minimum atomic E-state index is 0.249. The molecule has 4 aromatic carbocycles. The summed E-state index contributed by atoms with van der Waals surface area (Å²) >= 11 is 0. The Morgan fingerprint density at radius 1 is 0.370 bits per heavy atom. The van der Waals surface area contributed by atoms with E-state index in [1.807, 2.05) is 121 Å². The molecule has 0 unspecified atom stereocenters. The van der Waals surface area contributed by atoms with E-state index >= 15 is 0 Å². The van der Waals surface area contributed by atoms with E-state index in [1.165, 1.54) is 21.6 Å². The molecular weight excluding hydrogens is 605 g/mol. The van der Waals surface area contributed by atoms with Crippen LogP contribution in [0.4, 0.5) is 0 Å². The van der Waals surface area contributed by atoms with E-state index in [-0.39, 0.29) is 11.1 Å². The number of aromatic nitrogens is 2. The molecule has 2 heterocycles. The van der Waals surface area contributed by atoms with Crippen molar-refractivity contribution >= 4 is 21.6 Å². The van der Waals surface area contributed by atoms with Crippen LogP contribution in [-0.2, 0) is 0 Å². The number of nitrogens with zero attached hydrogens (tertiary/aromatic N) is 6. The lowest BCUT2D eigenvalue weighted by atomic mass is 9.93. The van der Waals surface area contributed by atoms with Crippen molar-refractivity contribution in [2.45, 2.75) is 10.1 Å². The third kappa shape index (κ3) is 5.71. The standard InChI is InChI=1S/C38H20N6S2/c39-21-29-33(25-13-5-1-6-14-25)31(23-41)37(43-35(29)27-17-9-3-10-18-27)45-46-38-32(24-42)34(26-15-7-2-8-16-26)30(22-40)36(44-38)28-19-11-4-12-20-28/h1-20H. The third-order valence-corrected chi connectivity index (χ3v) is 9.38. The van der Waals surface area contributed by atoms with E-state index < -0.39 is 0 Å². The quantitative estimate of drug-likeness (QED) is 0.161. The first-order chi connectivity index (χ1) is 22.7. The molecule has 0 aliphatic heterocycles. The molecule has 214 valence electrons. The fourth-order valence-corrected chi connectivity index (χ4v) is 7.22. The maximum absolute atomic E-state index is 10.5. The molecule has 0 aliphatic rings. The lowest BCUT2D eigenvalue weighted by Gasteiger charge is -2.17. The summed E-state index contributed by atoms with van der Waals surface area (Å²) in [4.78, 5) is 9.74. The molecule has 0 spiro atoms. The predicted molar refractivity (Wildman–Crippen MR) is 181 cm³/mol. The molecule has 0 saturated heterocycles. The van der Waals surface area contributed by atoms with Crippen LogP contribution in [0.25, 0.3) is 44.8 Å². The fourth-order valence-electron chi connectivity index (χ4n) is 5.15. The van der Waals surface area contributed by atoms with Crippen LogP contribution in [0.15, 0.2) is 131 Å². The van der Waals surface area contributed by atoms with Crippen LogP contribution in [0.5, 0.6) is 0 Å². The minimum Gasteiger partial charge on any atom is -0.238 e. The van der Waals surface area contributed by atoms with Crippen LogP contribution in [0, 0.1) is 45.3 Å². The topological polar surface area (TPSA) is 121 Å². The third-order valence-electron chi connectivity index (χ3n) is 7.19. The molecule has 0 amide bonds. The van der Waals surface area contributed by atoms with Gasteiger partial charge < -0.3 is 0 Å². The van der Waals surface area contributed by atoms with Gasteiger partial charge in [0.1, 0.15) is 34.3 Å². The van der Waals surface area contributed by atoms with E-state index in [2.05, 4.69) is 24.3 Å². The molecule has 46 heavy (non-hydrogen) atoms. The monoisotopic (exact) mass is 624 g/mol. The Morgan fingerprint density at radius 3 is 0.935 bits per heavy atom. The molecule has 6 aromatic rings. The average molecular weight is 625 g/mol. The summed E-state index contributed by atoms with van der Waals surface area (Å²) in [5, 5.41) is 42.4. The second-order valence-electron chi connectivity index (χ2n) is 9.86. The molecule has 0 fully saturated rings. The lowest BCUT2D eigenvalue weighted by Crippen LogP contribution is -2.02. The van der Waals surface area contributed by atoms with Crippen LogP contribution in [-0.4, -0.2) is 9.97 Å². The smallest absolute Gasteiger partial charge is 0.126 e. The van der Waals surface area contributed by atoms with E-state index in [4.69, 9.17) is 9.97 Å². The van der Waals surface area contributed by atoms with E-state index in [1.54, 1.807) is 0 Å². The number of benzene rings is 4. The van der Waals surface area contributed by atoms with Crippen LogP contribution >= 0.6 is 21.6 Å². The zero-order valence-electron chi connectivity index (χ0n) is 24.0. The highest BCUT2D eigenvalue weighted by atomic mass is 33.1. The minimum absolute atomic E-state index is 0.249. The van der Waals surface area contributed by atoms with Gasteiger partial charge in [-0.3, -0.25) is 0 Å². The fraction of sp³-hybridized carbons (Fsp3) is 0. The number of nitriles is 4. The van der Waals surface area contributed by atoms with E-state index in [9.17, 15) is 21.0 Å². The first-order valence-electron chi connectivity index (χ1n) is 14.0. The predicted octanol–water partition coefficient (Wildman–Crippen LogP) is 9.43. The zero-order valence-corrected chi connectivity index (χ0v) is 25.7. The molecule has 0 N–H and O–H groups in total. The van der Waals surface area contributed by atoms with Gasteiger partial charge in [0, 0.05) is 22.3 Å². The summed E-state index contributed by atoms with van der Waals surface area (Å²) in [7, 11) is 2.38. The first kappa shape index (κ1) is 29.9. The zero-order chi connectivity index (χ0) is 31.9. The van der Waals surface area contributed by atoms with Gasteiger partial charge in [0.25, 0.3) is 0 Å². The van der Waals surface area contributed by atoms with Crippen molar-refractivity contribution in [3.05, 3.63) is 144 Å². The molecule has 0 radical (unpaired) electrons. The molecule has 0 aliphatic carbocycles. The average Bonchev–Trinajstić information content (AvgIpc) is 3.13. The number of pyridine rings is 2. The molecule has 6 rings (SSSR count). The second-order valence-corrected chi connectivity index (χ2v) is 12.0. The largest absolute Gasteiger partial charge is 0.238 e. The lowest BCUT2D eigenvalue weighted by molar-refractivity contribution is 1.11. The summed E-state index contributed by atoms with van der Waals surface area (Å²) in [6.45, 7) is 0. The van der Waals surface area contributed by atoms with Crippen molar-refractivity contribution in [3.63, 3.8) is 0 Å². The van der Waals surface area contributed by atoms with Gasteiger partial charge in [-0.05, 0) is 32.7 Å². The Balaban J connectivity index is 1.57. The molecule has 0 atom stereocenters. The Bertz CT molecular complexity index is 2070. The molecular formula is C38H20N6S2. The van der Waals surface area contributed by atoms with Crippen LogP contribution in [0.3, 0.4) is 0 Å². The van der Waals surface area contributed by atoms with Gasteiger partial charge in [-0.25, -0.2) is 9.97 Å². The summed E-state index contributed by atoms with van der Waals surface area (Å²) in [6, 6.07) is 46.6. The highest BCUT2D eigenvalue weighted by molar-refractivity contribution is 8.76. The van der Waals surface area contributed by atoms with Crippen molar-refractivity contribution in [3.8, 4) is 69.0 Å². The van der Waals surface area contributed by atoms with Crippen LogP contribution in [0.1, 0.15) is 22.3 Å². The van der Waals surface area contributed by atoms with Crippen LogP contribution in [0.2, 0.25) is 0 Å². The summed E-state index contributed by atoms with van der Waals surface area (Å²) < 4.78 is 0. The number of rotatable bonds is 7. The van der Waals surface area contributed by atoms with Crippen molar-refractivity contribution in [2.24, 2.45) is 0 Å². The Kier molecular flexibility index (Phi) is 8.87. The summed E-state index contributed by atoms with van der Waals surface area (Å²) in [5.74, 6) is 0. The Labute approximate surface area is 274 Å². The summed E-state index contributed by atoms with van der Waals surface area (Å²) in [5.41, 5.74) is 5.89. The van der Waals surface area contributed by atoms with Crippen molar-refractivity contribution < 1.29 is 0 Å². The highest BCUT2D eigenvalue weighted by Gasteiger charge is 2.26. The van der Waals surface area contributed by atoms with Crippen molar-refractivity contribution in [1.82, 2.24) is 9.97 Å². The Morgan fingerprint density at radius 2 is 0.652 bits per heavy atom. The second kappa shape index (κ2) is 13.6. The molecule has 0 bridgehead atoms. The molecule has 8 heteroatoms. The SMILES string of the molecule is N#Cc1c(SSc2nc(-c3ccccc3)c(C#N)c(-c3ccccc3)c2C#N)nc(-c2ccccc2)c(C#N)c1-c1ccccc1. The van der Waals surface area contributed by atoms with Crippen molar-refractivity contribution in [2.75, 3.05) is 0 Å². The van der Waals surface area contributed by atoms with Gasteiger partial charge in [-0.1, -0.05) is 121 Å². The highest BCUT2D eigenvalue weighted by Crippen LogP contribution is 2.46. The number of hydrogen-bond acceptors (Lipinski definition) is 8. The first-order valence-corrected chi connectivity index (χ1v) is 16.2. The summed E-state index contributed by atoms with van der Waals surface area (Å²) in [6.07, 6.45) is 0. The van der Waals surface area contributed by atoms with E-state index in [0.29, 0.717) is 54.8 Å². The van der Waals surface area contributed by atoms with Crippen molar-refractivity contribution in [1.29, 1.82) is 21.0 Å². The molecule has 2 aromatic heterocycles. The maximum Gasteiger partial charge on any atom is 0.126 e. The Hall–Kier alpha value is -6.16. The van der Waals surface area contributed by atoms with E-state index in [0.717, 1.165) is 11.1 Å². The normalized spacial score (nSPS) is 10.3. The van der Waals surface area contributed by atoms with Gasteiger partial charge in [-0.2, -0.15) is 21.0 Å².